The molecule has 1 fully saturated rings. The molecule has 0 aliphatic heterocycles. The maximum Gasteiger partial charge on any atom is 0.118 e. The summed E-state index contributed by atoms with van der Waals surface area (Å²) in [7, 11) is 3.31. The minimum absolute atomic E-state index is 0.261. The Morgan fingerprint density at radius 3 is 1.93 bits per heavy atom. The number of hydrogen-bond acceptors (Lipinski definition) is 5. The van der Waals surface area contributed by atoms with Crippen LogP contribution in [0.1, 0.15) is 49.8 Å². The third-order valence-electron chi connectivity index (χ3n) is 6.02. The van der Waals surface area contributed by atoms with Crippen LogP contribution in [0.2, 0.25) is 0 Å². The predicted octanol–water partition coefficient (Wildman–Crippen LogP) is 4.34. The number of aliphatic hydroxyl groups is 1. The van der Waals surface area contributed by atoms with E-state index in [9.17, 15) is 5.11 Å². The second-order valence-corrected chi connectivity index (χ2v) is 8.19. The molecule has 1 aliphatic rings. The SMILES string of the molecule is COc1ccc(C(OC[C@H](O)CN[C@H]2CCCC[C@@H]2C)c2ccc(OC)cc2)cc1. The van der Waals surface area contributed by atoms with E-state index in [1.54, 1.807) is 14.2 Å². The van der Waals surface area contributed by atoms with Gasteiger partial charge in [0.15, 0.2) is 0 Å². The van der Waals surface area contributed by atoms with Gasteiger partial charge in [0, 0.05) is 12.6 Å². The van der Waals surface area contributed by atoms with Crippen molar-refractivity contribution in [1.29, 1.82) is 0 Å². The van der Waals surface area contributed by atoms with E-state index in [4.69, 9.17) is 14.2 Å². The van der Waals surface area contributed by atoms with Crippen molar-refractivity contribution in [3.05, 3.63) is 59.7 Å². The predicted molar refractivity (Wildman–Crippen MR) is 119 cm³/mol. The molecule has 0 bridgehead atoms. The first-order valence-corrected chi connectivity index (χ1v) is 10.9. The smallest absolute Gasteiger partial charge is 0.118 e. The average molecular weight is 414 g/mol. The fourth-order valence-electron chi connectivity index (χ4n) is 4.12. The van der Waals surface area contributed by atoms with E-state index in [1.165, 1.54) is 25.7 Å². The van der Waals surface area contributed by atoms with Crippen molar-refractivity contribution in [2.45, 2.75) is 50.9 Å². The van der Waals surface area contributed by atoms with Crippen LogP contribution in [0.3, 0.4) is 0 Å². The number of rotatable bonds is 10. The van der Waals surface area contributed by atoms with Crippen LogP contribution >= 0.6 is 0 Å². The molecule has 0 radical (unpaired) electrons. The normalized spacial score (nSPS) is 20.2. The van der Waals surface area contributed by atoms with Gasteiger partial charge in [0.05, 0.1) is 26.9 Å². The molecule has 0 heterocycles. The fourth-order valence-corrected chi connectivity index (χ4v) is 4.12. The maximum absolute atomic E-state index is 10.5. The van der Waals surface area contributed by atoms with Gasteiger partial charge in [-0.25, -0.2) is 0 Å². The summed E-state index contributed by atoms with van der Waals surface area (Å²) in [6, 6.07) is 16.2. The molecule has 2 aromatic carbocycles. The summed E-state index contributed by atoms with van der Waals surface area (Å²) in [4.78, 5) is 0. The van der Waals surface area contributed by atoms with Gasteiger partial charge >= 0.3 is 0 Å². The molecule has 0 amide bonds. The lowest BCUT2D eigenvalue weighted by molar-refractivity contribution is 0.00444. The molecule has 0 aromatic heterocycles. The minimum atomic E-state index is -0.557. The second kappa shape index (κ2) is 11.3. The largest absolute Gasteiger partial charge is 0.497 e. The minimum Gasteiger partial charge on any atom is -0.497 e. The van der Waals surface area contributed by atoms with Gasteiger partial charge in [0.1, 0.15) is 17.6 Å². The molecule has 30 heavy (non-hydrogen) atoms. The van der Waals surface area contributed by atoms with Gasteiger partial charge < -0.3 is 24.6 Å². The Bertz CT molecular complexity index is 699. The molecule has 0 spiro atoms. The van der Waals surface area contributed by atoms with Crippen LogP contribution in [0.15, 0.2) is 48.5 Å². The Kier molecular flexibility index (Phi) is 8.55. The van der Waals surface area contributed by atoms with E-state index in [-0.39, 0.29) is 12.7 Å². The number of hydrogen-bond donors (Lipinski definition) is 2. The van der Waals surface area contributed by atoms with Gasteiger partial charge in [-0.1, -0.05) is 44.0 Å². The first kappa shape index (κ1) is 22.6. The molecule has 5 nitrogen and oxygen atoms in total. The highest BCUT2D eigenvalue weighted by atomic mass is 16.5. The van der Waals surface area contributed by atoms with Crippen molar-refractivity contribution >= 4 is 0 Å². The average Bonchev–Trinajstić information content (AvgIpc) is 2.79. The van der Waals surface area contributed by atoms with Crippen molar-refractivity contribution in [3.8, 4) is 11.5 Å². The molecule has 3 rings (SSSR count). The van der Waals surface area contributed by atoms with Crippen LogP contribution in [-0.4, -0.2) is 44.6 Å². The third-order valence-corrected chi connectivity index (χ3v) is 6.02. The lowest BCUT2D eigenvalue weighted by atomic mass is 9.86. The quantitative estimate of drug-likeness (QED) is 0.607. The van der Waals surface area contributed by atoms with Crippen molar-refractivity contribution in [3.63, 3.8) is 0 Å². The summed E-state index contributed by atoms with van der Waals surface area (Å²) in [6.45, 7) is 3.10. The zero-order chi connectivity index (χ0) is 21.3. The Morgan fingerprint density at radius 1 is 0.900 bits per heavy atom. The third kappa shape index (κ3) is 6.21. The van der Waals surface area contributed by atoms with Gasteiger partial charge in [-0.2, -0.15) is 0 Å². The Labute approximate surface area is 180 Å². The van der Waals surface area contributed by atoms with Crippen LogP contribution in [-0.2, 0) is 4.74 Å². The van der Waals surface area contributed by atoms with E-state index in [2.05, 4.69) is 12.2 Å². The van der Waals surface area contributed by atoms with E-state index < -0.39 is 6.10 Å². The summed E-state index contributed by atoms with van der Waals surface area (Å²) < 4.78 is 16.8. The number of ether oxygens (including phenoxy) is 3. The van der Waals surface area contributed by atoms with Gasteiger partial charge in [0.2, 0.25) is 0 Å². The maximum atomic E-state index is 10.5. The molecule has 5 heteroatoms. The highest BCUT2D eigenvalue weighted by molar-refractivity contribution is 5.36. The summed E-state index contributed by atoms with van der Waals surface area (Å²) in [5, 5.41) is 14.1. The summed E-state index contributed by atoms with van der Waals surface area (Å²) in [5.41, 5.74) is 2.03. The molecule has 0 unspecified atom stereocenters. The van der Waals surface area contributed by atoms with E-state index in [1.807, 2.05) is 48.5 Å². The molecule has 3 atom stereocenters. The van der Waals surface area contributed by atoms with Crippen LogP contribution in [0.4, 0.5) is 0 Å². The summed E-state index contributed by atoms with van der Waals surface area (Å²) in [5.74, 6) is 2.27. The molecule has 164 valence electrons. The molecule has 1 saturated carbocycles. The van der Waals surface area contributed by atoms with Crippen molar-refractivity contribution in [1.82, 2.24) is 5.32 Å². The standard InChI is InChI=1S/C25H35NO4/c1-18-6-4-5-7-24(18)26-16-21(27)17-30-25(19-8-12-22(28-2)13-9-19)20-10-14-23(29-3)15-11-20/h8-15,18,21,24-27H,4-7,16-17H2,1-3H3/t18-,21+,24-/m0/s1. The molecule has 2 N–H and O–H groups in total. The zero-order valence-electron chi connectivity index (χ0n) is 18.3. The monoisotopic (exact) mass is 413 g/mol. The fraction of sp³-hybridized carbons (Fsp3) is 0.520. The molecule has 0 saturated heterocycles. The second-order valence-electron chi connectivity index (χ2n) is 8.19. The van der Waals surface area contributed by atoms with E-state index in [0.29, 0.717) is 18.5 Å². The van der Waals surface area contributed by atoms with Crippen LogP contribution in [0.5, 0.6) is 11.5 Å². The first-order valence-electron chi connectivity index (χ1n) is 10.9. The molecular weight excluding hydrogens is 378 g/mol. The van der Waals surface area contributed by atoms with Crippen molar-refractivity contribution in [2.75, 3.05) is 27.4 Å². The van der Waals surface area contributed by atoms with E-state index >= 15 is 0 Å². The lowest BCUT2D eigenvalue weighted by Gasteiger charge is -2.30. The topological polar surface area (TPSA) is 60.0 Å². The van der Waals surface area contributed by atoms with Crippen LogP contribution < -0.4 is 14.8 Å². The number of aliphatic hydroxyl groups excluding tert-OH is 1. The molecular formula is C25H35NO4. The van der Waals surface area contributed by atoms with Crippen LogP contribution in [0.25, 0.3) is 0 Å². The Balaban J connectivity index is 1.63. The Morgan fingerprint density at radius 2 is 1.43 bits per heavy atom. The van der Waals surface area contributed by atoms with Crippen molar-refractivity contribution < 1.29 is 19.3 Å². The molecule has 2 aromatic rings. The summed E-state index contributed by atoms with van der Waals surface area (Å²) >= 11 is 0. The number of methoxy groups -OCH3 is 2. The number of nitrogens with one attached hydrogen (secondary N) is 1. The highest BCUT2D eigenvalue weighted by Crippen LogP contribution is 2.29. The van der Waals surface area contributed by atoms with E-state index in [0.717, 1.165) is 22.6 Å². The van der Waals surface area contributed by atoms with Crippen molar-refractivity contribution in [2.24, 2.45) is 5.92 Å². The number of benzene rings is 2. The first-order chi connectivity index (χ1) is 14.6. The van der Waals surface area contributed by atoms with Gasteiger partial charge in [-0.05, 0) is 54.2 Å². The lowest BCUT2D eigenvalue weighted by Crippen LogP contribution is -2.42. The summed E-state index contributed by atoms with van der Waals surface area (Å²) in [6.07, 6.45) is 4.21. The molecule has 1 aliphatic carbocycles. The van der Waals surface area contributed by atoms with Crippen LogP contribution in [0, 0.1) is 5.92 Å². The van der Waals surface area contributed by atoms with Gasteiger partial charge in [0.25, 0.3) is 0 Å². The van der Waals surface area contributed by atoms with Gasteiger partial charge in [-0.15, -0.1) is 0 Å². The van der Waals surface area contributed by atoms with Gasteiger partial charge in [-0.3, -0.25) is 0 Å². The highest BCUT2D eigenvalue weighted by Gasteiger charge is 2.22. The zero-order valence-corrected chi connectivity index (χ0v) is 18.3. The Hall–Kier alpha value is -2.08.